The van der Waals surface area contributed by atoms with Crippen molar-refractivity contribution < 1.29 is 0 Å². The van der Waals surface area contributed by atoms with Crippen LogP contribution in [0.1, 0.15) is 128 Å². The van der Waals surface area contributed by atoms with Crippen LogP contribution in [0.5, 0.6) is 0 Å². The minimum absolute atomic E-state index is 0.0985. The van der Waals surface area contributed by atoms with E-state index >= 15 is 0 Å². The summed E-state index contributed by atoms with van der Waals surface area (Å²) in [4.78, 5) is 0. The monoisotopic (exact) mass is 752 g/mol. The molecule has 6 heteroatoms. The summed E-state index contributed by atoms with van der Waals surface area (Å²) in [7, 11) is -6.56. The zero-order valence-electron chi connectivity index (χ0n) is 36.6. The van der Waals surface area contributed by atoms with Gasteiger partial charge in [-0.15, -0.1) is 0 Å². The van der Waals surface area contributed by atoms with E-state index < -0.39 is 43.6 Å². The van der Waals surface area contributed by atoms with E-state index in [1.165, 1.54) is 11.1 Å². The summed E-state index contributed by atoms with van der Waals surface area (Å²) in [5, 5.41) is 0. The number of benzene rings is 2. The highest BCUT2D eigenvalue weighted by atomic mass is 30.2. The fourth-order valence-electron chi connectivity index (χ4n) is 12.1. The highest BCUT2D eigenvalue weighted by Crippen LogP contribution is 2.71. The molecular formula is C42H80Si6. The van der Waals surface area contributed by atoms with E-state index in [0.29, 0.717) is 0 Å². The van der Waals surface area contributed by atoms with E-state index in [0.717, 1.165) is 11.1 Å². The predicted molar refractivity (Wildman–Crippen MR) is 238 cm³/mol. The molecule has 1 aliphatic heterocycles. The number of hydrogen-bond acceptors (Lipinski definition) is 0. The van der Waals surface area contributed by atoms with E-state index in [9.17, 15) is 0 Å². The predicted octanol–water partition coefficient (Wildman–Crippen LogP) is 13.5. The van der Waals surface area contributed by atoms with Gasteiger partial charge >= 0.3 is 0 Å². The number of hydrogen-bond donors (Lipinski definition) is 0. The van der Waals surface area contributed by atoms with Crippen LogP contribution in [0.3, 0.4) is 0 Å². The van der Waals surface area contributed by atoms with Gasteiger partial charge in [-0.25, -0.2) is 0 Å². The normalized spacial score (nSPS) is 21.2. The molecule has 1 heterocycles. The molecule has 2 aromatic carbocycles. The van der Waals surface area contributed by atoms with Gasteiger partial charge in [0.1, 0.15) is 0 Å². The molecule has 0 aliphatic carbocycles. The molecule has 272 valence electrons. The van der Waals surface area contributed by atoms with Crippen LogP contribution in [-0.2, 0) is 21.7 Å². The average molecular weight is 754 g/mol. The van der Waals surface area contributed by atoms with Gasteiger partial charge in [0, 0.05) is 43.6 Å². The Morgan fingerprint density at radius 1 is 0.375 bits per heavy atom. The molecule has 3 rings (SSSR count). The summed E-state index contributed by atoms with van der Waals surface area (Å²) in [6.07, 6.45) is 0. The van der Waals surface area contributed by atoms with Crippen LogP contribution >= 0.6 is 0 Å². The molecule has 1 saturated heterocycles. The summed E-state index contributed by atoms with van der Waals surface area (Å²) in [6, 6.07) is 16.0. The first kappa shape index (κ1) is 42.2. The Kier molecular flexibility index (Phi) is 10.7. The summed E-state index contributed by atoms with van der Waals surface area (Å²) < 4.78 is 0. The highest BCUT2D eigenvalue weighted by molar-refractivity contribution is 8.11. The second-order valence-corrected chi connectivity index (χ2v) is 87.8. The first-order valence-electron chi connectivity index (χ1n) is 19.2. The Morgan fingerprint density at radius 3 is 0.771 bits per heavy atom. The van der Waals surface area contributed by atoms with Gasteiger partial charge in [-0.1, -0.05) is 198 Å². The third kappa shape index (κ3) is 6.49. The van der Waals surface area contributed by atoms with Gasteiger partial charge < -0.3 is 0 Å². The molecule has 2 atom stereocenters. The van der Waals surface area contributed by atoms with E-state index in [1.54, 1.807) is 22.3 Å². The van der Waals surface area contributed by atoms with Crippen LogP contribution in [0, 0.1) is 0 Å². The molecule has 0 nitrogen and oxygen atoms in total. The van der Waals surface area contributed by atoms with Crippen molar-refractivity contribution in [1.82, 2.24) is 0 Å². The smallest absolute Gasteiger partial charge is 0.0428 e. The maximum absolute atomic E-state index is 2.90. The Balaban J connectivity index is 2.82. The standard InChI is InChI=1S/C42H80Si6/c1-39(2,3)31-25-27-33(35(29-31)41(7,8)9)37-38(34-28-26-32(40(4,5)6)30-36(34)42(10,11)12)48(45(19,20)21,46(22,23)24)47(37,43(13,14)15)44(16,17)18/h25-30,37-38H,1-24H3/t37-,38-/m1/s1. The topological polar surface area (TPSA) is 0 Å². The fraction of sp³-hybridized carbons (Fsp3) is 0.714. The first-order chi connectivity index (χ1) is 20.9. The molecule has 0 amide bonds. The zero-order chi connectivity index (χ0) is 37.9. The van der Waals surface area contributed by atoms with Gasteiger partial charge in [-0.2, -0.15) is 0 Å². The highest BCUT2D eigenvalue weighted by Gasteiger charge is 2.87. The zero-order valence-corrected chi connectivity index (χ0v) is 42.6. The first-order valence-corrected chi connectivity index (χ1v) is 42.4. The van der Waals surface area contributed by atoms with Gasteiger partial charge in [-0.05, 0) is 66.1 Å². The van der Waals surface area contributed by atoms with Crippen molar-refractivity contribution in [1.29, 1.82) is 0 Å². The molecule has 0 unspecified atom stereocenters. The Bertz CT molecular complexity index is 1350. The fourth-order valence-corrected chi connectivity index (χ4v) is 248. The largest absolute Gasteiger partial charge is 0.0718 e. The third-order valence-electron chi connectivity index (χ3n) is 12.7. The Labute approximate surface area is 306 Å². The van der Waals surface area contributed by atoms with Crippen LogP contribution in [0.25, 0.3) is 0 Å². The van der Waals surface area contributed by atoms with Crippen LogP contribution in [0.15, 0.2) is 36.4 Å². The Morgan fingerprint density at radius 2 is 0.604 bits per heavy atom. The van der Waals surface area contributed by atoms with E-state index in [1.807, 2.05) is 0 Å². The molecule has 0 N–H and O–H groups in total. The lowest BCUT2D eigenvalue weighted by Crippen LogP contribution is -3.06. The third-order valence-corrected chi connectivity index (χ3v) is 142. The van der Waals surface area contributed by atoms with Crippen LogP contribution in [-0.4, -0.2) is 43.6 Å². The minimum atomic E-state index is -1.88. The van der Waals surface area contributed by atoms with Crippen molar-refractivity contribution >= 4 is 43.6 Å². The Hall–Kier alpha value is -0.259. The summed E-state index contributed by atoms with van der Waals surface area (Å²) in [5.41, 5.74) is 11.8. The van der Waals surface area contributed by atoms with Crippen molar-refractivity contribution in [3.63, 3.8) is 0 Å². The lowest BCUT2D eigenvalue weighted by Gasteiger charge is -2.83. The molecule has 2 aromatic rings. The molecular weight excluding hydrogens is 673 g/mol. The van der Waals surface area contributed by atoms with Gasteiger partial charge in [0.05, 0.1) is 0 Å². The van der Waals surface area contributed by atoms with Crippen molar-refractivity contribution in [2.75, 3.05) is 0 Å². The number of rotatable bonds is 6. The maximum atomic E-state index is 2.90. The van der Waals surface area contributed by atoms with Crippen LogP contribution in [0.2, 0.25) is 78.6 Å². The SMILES string of the molecule is CC(C)(C)c1ccc([C@@H]2[C@@H](c3ccc(C(C)(C)C)cc3C(C)(C)C)[Si]([Si](C)(C)C)([Si](C)(C)C)[Si]2([Si](C)(C)C)[Si](C)(C)C)c(C(C)(C)C)c1. The second-order valence-electron chi connectivity index (χ2n) is 24.2. The van der Waals surface area contributed by atoms with Gasteiger partial charge in [0.15, 0.2) is 0 Å². The van der Waals surface area contributed by atoms with E-state index in [4.69, 9.17) is 0 Å². The van der Waals surface area contributed by atoms with Crippen molar-refractivity contribution in [3.8, 4) is 0 Å². The molecule has 1 fully saturated rings. The maximum Gasteiger partial charge on any atom is 0.0428 e. The molecule has 0 radical (unpaired) electrons. The minimum Gasteiger partial charge on any atom is -0.0718 e. The lowest BCUT2D eigenvalue weighted by molar-refractivity contribution is 0.552. The van der Waals surface area contributed by atoms with Crippen LogP contribution in [0.4, 0.5) is 0 Å². The molecule has 0 spiro atoms. The van der Waals surface area contributed by atoms with Crippen LogP contribution < -0.4 is 0 Å². The second kappa shape index (κ2) is 12.1. The molecule has 0 bridgehead atoms. The molecule has 1 aliphatic rings. The van der Waals surface area contributed by atoms with Crippen molar-refractivity contribution in [2.24, 2.45) is 0 Å². The quantitative estimate of drug-likeness (QED) is 0.258. The average Bonchev–Trinajstić information content (AvgIpc) is 2.77. The summed E-state index contributed by atoms with van der Waals surface area (Å²) in [6.45, 7) is 60.6. The van der Waals surface area contributed by atoms with E-state index in [-0.39, 0.29) is 21.7 Å². The van der Waals surface area contributed by atoms with Crippen molar-refractivity contribution in [2.45, 2.75) is 194 Å². The van der Waals surface area contributed by atoms with Gasteiger partial charge in [0.2, 0.25) is 0 Å². The summed E-state index contributed by atoms with van der Waals surface area (Å²) >= 11 is 0. The molecule has 0 aromatic heterocycles. The van der Waals surface area contributed by atoms with Gasteiger partial charge in [-0.3, -0.25) is 0 Å². The molecule has 48 heavy (non-hydrogen) atoms. The lowest BCUT2D eigenvalue weighted by atomic mass is 9.75. The summed E-state index contributed by atoms with van der Waals surface area (Å²) in [5.74, 6) is 0. The molecule has 0 saturated carbocycles. The van der Waals surface area contributed by atoms with Crippen molar-refractivity contribution in [3.05, 3.63) is 69.8 Å². The van der Waals surface area contributed by atoms with E-state index in [2.05, 4.69) is 198 Å². The van der Waals surface area contributed by atoms with Gasteiger partial charge in [0.25, 0.3) is 0 Å².